The number of carbonyl (C=O) groups excluding carboxylic acids is 1. The van der Waals surface area contributed by atoms with Crippen molar-refractivity contribution in [3.63, 3.8) is 0 Å². The minimum Gasteiger partial charge on any atom is -0.332 e. The van der Waals surface area contributed by atoms with Crippen molar-refractivity contribution in [3.05, 3.63) is 16.1 Å². The van der Waals surface area contributed by atoms with Gasteiger partial charge in [0.25, 0.3) is 12.3 Å². The Morgan fingerprint density at radius 3 is 2.82 bits per heavy atom. The maximum Gasteiger partial charge on any atom is 0.273 e. The lowest BCUT2D eigenvalue weighted by molar-refractivity contribution is 0.0551. The van der Waals surface area contributed by atoms with Gasteiger partial charge in [-0.15, -0.1) is 11.3 Å². The van der Waals surface area contributed by atoms with E-state index in [0.29, 0.717) is 18.0 Å². The first kappa shape index (κ1) is 14.0. The molecule has 7 heteroatoms. The minimum atomic E-state index is -2.53. The Morgan fingerprint density at radius 1 is 1.65 bits per heavy atom. The maximum absolute atomic E-state index is 12.3. The van der Waals surface area contributed by atoms with Gasteiger partial charge in [-0.3, -0.25) is 4.79 Å². The molecule has 96 valence electrons. The van der Waals surface area contributed by atoms with Crippen molar-refractivity contribution < 1.29 is 13.6 Å². The molecule has 0 aliphatic rings. The lowest BCUT2D eigenvalue weighted by Crippen LogP contribution is -2.36. The predicted molar refractivity (Wildman–Crippen MR) is 62.2 cm³/mol. The second-order valence-electron chi connectivity index (χ2n) is 3.47. The quantitative estimate of drug-likeness (QED) is 0.850. The van der Waals surface area contributed by atoms with Crippen LogP contribution in [0.4, 0.5) is 8.78 Å². The maximum atomic E-state index is 12.3. The Balaban J connectivity index is 2.75. The molecule has 4 nitrogen and oxygen atoms in total. The molecule has 0 fully saturated rings. The summed E-state index contributed by atoms with van der Waals surface area (Å²) < 4.78 is 24.6. The molecule has 1 rings (SSSR count). The molecular weight excluding hydrogens is 248 g/mol. The second-order valence-corrected chi connectivity index (χ2v) is 4.42. The van der Waals surface area contributed by atoms with E-state index in [-0.39, 0.29) is 12.2 Å². The summed E-state index contributed by atoms with van der Waals surface area (Å²) in [7, 11) is 0. The molecule has 0 spiro atoms. The molecule has 0 saturated carbocycles. The lowest BCUT2D eigenvalue weighted by Gasteiger charge is -2.20. The zero-order valence-electron chi connectivity index (χ0n) is 9.53. The fraction of sp³-hybridized carbons (Fsp3) is 0.600. The third-order valence-electron chi connectivity index (χ3n) is 2.08. The third kappa shape index (κ3) is 4.01. The number of hydrogen-bond donors (Lipinski definition) is 1. The first-order valence-corrected chi connectivity index (χ1v) is 6.18. The number of carbonyl (C=O) groups is 1. The number of amides is 1. The highest BCUT2D eigenvalue weighted by molar-refractivity contribution is 7.09. The van der Waals surface area contributed by atoms with E-state index >= 15 is 0 Å². The van der Waals surface area contributed by atoms with Gasteiger partial charge in [0.05, 0.1) is 6.54 Å². The summed E-state index contributed by atoms with van der Waals surface area (Å²) in [6.45, 7) is 1.83. The number of nitrogens with two attached hydrogens (primary N) is 1. The number of halogens is 2. The Bertz CT molecular complexity index is 370. The molecule has 0 radical (unpaired) electrons. The smallest absolute Gasteiger partial charge is 0.273 e. The van der Waals surface area contributed by atoms with E-state index in [4.69, 9.17) is 5.73 Å². The zero-order valence-corrected chi connectivity index (χ0v) is 10.3. The van der Waals surface area contributed by atoms with Crippen molar-refractivity contribution in [2.75, 3.05) is 13.1 Å². The molecule has 1 aromatic heterocycles. The van der Waals surface area contributed by atoms with E-state index in [1.54, 1.807) is 5.38 Å². The topological polar surface area (TPSA) is 59.2 Å². The van der Waals surface area contributed by atoms with E-state index in [1.807, 2.05) is 6.92 Å². The molecule has 17 heavy (non-hydrogen) atoms. The average molecular weight is 263 g/mol. The number of alkyl halides is 2. The molecule has 1 amide bonds. The normalized spacial score (nSPS) is 10.9. The van der Waals surface area contributed by atoms with Gasteiger partial charge in [-0.1, -0.05) is 6.92 Å². The van der Waals surface area contributed by atoms with E-state index in [0.717, 1.165) is 4.90 Å². The van der Waals surface area contributed by atoms with Crippen LogP contribution in [0.5, 0.6) is 0 Å². The highest BCUT2D eigenvalue weighted by atomic mass is 32.1. The van der Waals surface area contributed by atoms with Crippen LogP contribution in [0.15, 0.2) is 5.38 Å². The van der Waals surface area contributed by atoms with E-state index in [9.17, 15) is 13.6 Å². The second kappa shape index (κ2) is 6.61. The zero-order chi connectivity index (χ0) is 12.8. The molecule has 0 atom stereocenters. The van der Waals surface area contributed by atoms with Gasteiger partial charge in [0, 0.05) is 18.5 Å². The molecule has 1 heterocycles. The molecule has 2 N–H and O–H groups in total. The Kier molecular flexibility index (Phi) is 5.43. The van der Waals surface area contributed by atoms with E-state index in [2.05, 4.69) is 4.98 Å². The molecule has 0 saturated heterocycles. The van der Waals surface area contributed by atoms with Crippen LogP contribution in [-0.2, 0) is 6.54 Å². The van der Waals surface area contributed by atoms with Crippen LogP contribution in [-0.4, -0.2) is 35.3 Å². The summed E-state index contributed by atoms with van der Waals surface area (Å²) >= 11 is 1.26. The fourth-order valence-electron chi connectivity index (χ4n) is 1.38. The number of thiazole rings is 1. The summed E-state index contributed by atoms with van der Waals surface area (Å²) in [5.41, 5.74) is 5.58. The molecule has 1 aromatic rings. The van der Waals surface area contributed by atoms with Crippen molar-refractivity contribution >= 4 is 17.2 Å². The van der Waals surface area contributed by atoms with E-state index < -0.39 is 18.9 Å². The molecular formula is C10H15F2N3OS. The van der Waals surface area contributed by atoms with Gasteiger partial charge in [0.1, 0.15) is 10.7 Å². The van der Waals surface area contributed by atoms with Gasteiger partial charge >= 0.3 is 0 Å². The van der Waals surface area contributed by atoms with Crippen LogP contribution in [0.2, 0.25) is 0 Å². The molecule has 0 aromatic carbocycles. The molecule has 0 aliphatic heterocycles. The Labute approximate surface area is 102 Å². The van der Waals surface area contributed by atoms with Crippen molar-refractivity contribution in [1.29, 1.82) is 0 Å². The SMILES string of the molecule is CCCN(CC(F)F)C(=O)c1csc(CN)n1. The fourth-order valence-corrected chi connectivity index (χ4v) is 2.03. The van der Waals surface area contributed by atoms with Crippen molar-refractivity contribution in [3.8, 4) is 0 Å². The van der Waals surface area contributed by atoms with Gasteiger partial charge in [-0.05, 0) is 6.42 Å². The standard InChI is InChI=1S/C10H15F2N3OS/c1-2-3-15(5-8(11)12)10(16)7-6-17-9(4-13)14-7/h6,8H,2-5,13H2,1H3. The van der Waals surface area contributed by atoms with Crippen LogP contribution in [0.3, 0.4) is 0 Å². The first-order valence-electron chi connectivity index (χ1n) is 5.30. The number of nitrogens with zero attached hydrogens (tertiary/aromatic N) is 2. The molecule has 0 aliphatic carbocycles. The summed E-state index contributed by atoms with van der Waals surface area (Å²) in [5.74, 6) is -0.455. The van der Waals surface area contributed by atoms with Crippen molar-refractivity contribution in [1.82, 2.24) is 9.88 Å². The number of aromatic nitrogens is 1. The third-order valence-corrected chi connectivity index (χ3v) is 2.96. The van der Waals surface area contributed by atoms with Crippen LogP contribution in [0, 0.1) is 0 Å². The van der Waals surface area contributed by atoms with Gasteiger partial charge in [-0.25, -0.2) is 13.8 Å². The number of hydrogen-bond acceptors (Lipinski definition) is 4. The van der Waals surface area contributed by atoms with Gasteiger partial charge in [0.2, 0.25) is 0 Å². The molecule has 0 unspecified atom stereocenters. The monoisotopic (exact) mass is 263 g/mol. The van der Waals surface area contributed by atoms with Gasteiger partial charge in [-0.2, -0.15) is 0 Å². The summed E-state index contributed by atoms with van der Waals surface area (Å²) in [5, 5.41) is 2.18. The number of rotatable bonds is 6. The largest absolute Gasteiger partial charge is 0.332 e. The summed E-state index contributed by atoms with van der Waals surface area (Å²) in [4.78, 5) is 17.0. The van der Waals surface area contributed by atoms with Gasteiger partial charge in [0.15, 0.2) is 0 Å². The highest BCUT2D eigenvalue weighted by Crippen LogP contribution is 2.12. The summed E-state index contributed by atoms with van der Waals surface area (Å²) in [6, 6.07) is 0. The van der Waals surface area contributed by atoms with Gasteiger partial charge < -0.3 is 10.6 Å². The summed E-state index contributed by atoms with van der Waals surface area (Å²) in [6.07, 6.45) is -1.90. The average Bonchev–Trinajstić information content (AvgIpc) is 2.75. The Hall–Kier alpha value is -1.08. The van der Waals surface area contributed by atoms with Crippen LogP contribution < -0.4 is 5.73 Å². The van der Waals surface area contributed by atoms with Crippen LogP contribution in [0.25, 0.3) is 0 Å². The van der Waals surface area contributed by atoms with E-state index in [1.165, 1.54) is 11.3 Å². The molecule has 0 bridgehead atoms. The van der Waals surface area contributed by atoms with Crippen molar-refractivity contribution in [2.24, 2.45) is 5.73 Å². The minimum absolute atomic E-state index is 0.199. The Morgan fingerprint density at radius 2 is 2.35 bits per heavy atom. The lowest BCUT2D eigenvalue weighted by atomic mass is 10.3. The van der Waals surface area contributed by atoms with Crippen LogP contribution in [0.1, 0.15) is 28.8 Å². The first-order chi connectivity index (χ1) is 8.08. The van der Waals surface area contributed by atoms with Crippen molar-refractivity contribution in [2.45, 2.75) is 26.3 Å². The predicted octanol–water partition coefficient (Wildman–Crippen LogP) is 1.72. The van der Waals surface area contributed by atoms with Crippen LogP contribution >= 0.6 is 11.3 Å². The highest BCUT2D eigenvalue weighted by Gasteiger charge is 2.21.